The molecule has 0 aliphatic carbocycles. The molecule has 0 spiro atoms. The van der Waals surface area contributed by atoms with E-state index in [9.17, 15) is 4.79 Å². The molecule has 0 radical (unpaired) electrons. The largest absolute Gasteiger partial charge is 0.339 e. The van der Waals surface area contributed by atoms with E-state index < -0.39 is 0 Å². The molecule has 1 fully saturated rings. The summed E-state index contributed by atoms with van der Waals surface area (Å²) in [5, 5.41) is 3.19. The maximum absolute atomic E-state index is 11.8. The van der Waals surface area contributed by atoms with Crippen molar-refractivity contribution in [1.82, 2.24) is 10.2 Å². The van der Waals surface area contributed by atoms with Crippen molar-refractivity contribution in [2.75, 3.05) is 26.7 Å². The Kier molecular flexibility index (Phi) is 5.53. The van der Waals surface area contributed by atoms with Gasteiger partial charge in [-0.2, -0.15) is 0 Å². The Morgan fingerprint density at radius 1 is 1.38 bits per heavy atom. The molecule has 92 valence electrons. The van der Waals surface area contributed by atoms with E-state index in [4.69, 9.17) is 0 Å². The van der Waals surface area contributed by atoms with Crippen molar-refractivity contribution in [3.63, 3.8) is 0 Å². The molecule has 0 unspecified atom stereocenters. The van der Waals surface area contributed by atoms with Crippen LogP contribution in [0.15, 0.2) is 11.6 Å². The van der Waals surface area contributed by atoms with Gasteiger partial charge in [0.05, 0.1) is 0 Å². The van der Waals surface area contributed by atoms with E-state index >= 15 is 0 Å². The first-order valence-corrected chi connectivity index (χ1v) is 6.22. The molecule has 0 aromatic rings. The minimum absolute atomic E-state index is 0.187. The number of carbonyl (C=O) groups excluding carboxylic acids is 1. The summed E-state index contributed by atoms with van der Waals surface area (Å²) in [5.74, 6) is 0.982. The van der Waals surface area contributed by atoms with Crippen LogP contribution < -0.4 is 5.32 Å². The second-order valence-electron chi connectivity index (χ2n) is 4.88. The first-order chi connectivity index (χ1) is 7.63. The molecule has 1 aliphatic rings. The van der Waals surface area contributed by atoms with Crippen LogP contribution in [0, 0.1) is 5.92 Å². The summed E-state index contributed by atoms with van der Waals surface area (Å²) in [4.78, 5) is 13.7. The number of hydrogen-bond donors (Lipinski definition) is 1. The Hall–Kier alpha value is -0.830. The molecule has 3 heteroatoms. The minimum atomic E-state index is 0.187. The zero-order valence-corrected chi connectivity index (χ0v) is 10.8. The lowest BCUT2D eigenvalue weighted by Gasteiger charge is -2.31. The molecule has 16 heavy (non-hydrogen) atoms. The van der Waals surface area contributed by atoms with Crippen molar-refractivity contribution in [1.29, 1.82) is 0 Å². The average Bonchev–Trinajstić information content (AvgIpc) is 2.26. The van der Waals surface area contributed by atoms with Crippen LogP contribution in [0.4, 0.5) is 0 Å². The third kappa shape index (κ3) is 4.35. The number of nitrogens with one attached hydrogen (secondary N) is 1. The van der Waals surface area contributed by atoms with Crippen molar-refractivity contribution in [2.45, 2.75) is 33.1 Å². The van der Waals surface area contributed by atoms with Gasteiger partial charge in [-0.25, -0.2) is 0 Å². The van der Waals surface area contributed by atoms with Crippen molar-refractivity contribution in [2.24, 2.45) is 5.92 Å². The number of piperidine rings is 1. The van der Waals surface area contributed by atoms with Crippen LogP contribution in [0.3, 0.4) is 0 Å². The number of allylic oxidation sites excluding steroid dienone is 1. The van der Waals surface area contributed by atoms with E-state index in [0.29, 0.717) is 0 Å². The highest BCUT2D eigenvalue weighted by Crippen LogP contribution is 2.20. The van der Waals surface area contributed by atoms with Gasteiger partial charge in [0.1, 0.15) is 0 Å². The molecule has 1 amide bonds. The third-order valence-electron chi connectivity index (χ3n) is 3.14. The second-order valence-corrected chi connectivity index (χ2v) is 4.88. The van der Waals surface area contributed by atoms with Crippen LogP contribution in [0.5, 0.6) is 0 Å². The molecule has 1 aliphatic heterocycles. The van der Waals surface area contributed by atoms with Gasteiger partial charge < -0.3 is 10.2 Å². The van der Waals surface area contributed by atoms with Crippen LogP contribution in [0.1, 0.15) is 33.1 Å². The van der Waals surface area contributed by atoms with Gasteiger partial charge in [-0.3, -0.25) is 4.79 Å². The fraction of sp³-hybridized carbons (Fsp3) is 0.769. The minimum Gasteiger partial charge on any atom is -0.339 e. The quantitative estimate of drug-likeness (QED) is 0.739. The first kappa shape index (κ1) is 13.2. The highest BCUT2D eigenvalue weighted by atomic mass is 16.2. The number of nitrogens with zero attached hydrogens (tertiary/aromatic N) is 1. The monoisotopic (exact) mass is 224 g/mol. The maximum Gasteiger partial charge on any atom is 0.246 e. The SMILES string of the molecule is CNCCC1CCN(C(=O)C=C(C)C)CC1. The van der Waals surface area contributed by atoms with E-state index in [1.165, 1.54) is 6.42 Å². The molecule has 0 aromatic heterocycles. The van der Waals surface area contributed by atoms with Gasteiger partial charge >= 0.3 is 0 Å². The summed E-state index contributed by atoms with van der Waals surface area (Å²) >= 11 is 0. The van der Waals surface area contributed by atoms with Crippen molar-refractivity contribution in [3.05, 3.63) is 11.6 Å². The Morgan fingerprint density at radius 3 is 2.50 bits per heavy atom. The average molecular weight is 224 g/mol. The van der Waals surface area contributed by atoms with Crippen molar-refractivity contribution >= 4 is 5.91 Å². The summed E-state index contributed by atoms with van der Waals surface area (Å²) in [6.45, 7) is 6.88. The Balaban J connectivity index is 2.31. The summed E-state index contributed by atoms with van der Waals surface area (Å²) in [7, 11) is 1.99. The van der Waals surface area contributed by atoms with E-state index in [1.54, 1.807) is 6.08 Å². The number of likely N-dealkylation sites (tertiary alicyclic amines) is 1. The zero-order valence-electron chi connectivity index (χ0n) is 10.8. The lowest BCUT2D eigenvalue weighted by Crippen LogP contribution is -2.38. The lowest BCUT2D eigenvalue weighted by molar-refractivity contribution is -0.127. The molecule has 1 N–H and O–H groups in total. The molecule has 3 nitrogen and oxygen atoms in total. The Labute approximate surface area is 98.9 Å². The fourth-order valence-corrected chi connectivity index (χ4v) is 2.13. The highest BCUT2D eigenvalue weighted by molar-refractivity contribution is 5.88. The smallest absolute Gasteiger partial charge is 0.246 e. The summed E-state index contributed by atoms with van der Waals surface area (Å²) in [6, 6.07) is 0. The number of amides is 1. The van der Waals surface area contributed by atoms with E-state index in [-0.39, 0.29) is 5.91 Å². The fourth-order valence-electron chi connectivity index (χ4n) is 2.13. The van der Waals surface area contributed by atoms with Crippen LogP contribution in [0.2, 0.25) is 0 Å². The lowest BCUT2D eigenvalue weighted by atomic mass is 9.93. The predicted octanol–water partition coefficient (Wildman–Crippen LogP) is 1.80. The molecule has 0 atom stereocenters. The van der Waals surface area contributed by atoms with E-state index in [1.807, 2.05) is 25.8 Å². The summed E-state index contributed by atoms with van der Waals surface area (Å²) in [6.07, 6.45) is 5.29. The predicted molar refractivity (Wildman–Crippen MR) is 67.3 cm³/mol. The molecular weight excluding hydrogens is 200 g/mol. The number of carbonyl (C=O) groups is 1. The van der Waals surface area contributed by atoms with Crippen molar-refractivity contribution in [3.8, 4) is 0 Å². The van der Waals surface area contributed by atoms with Gasteiger partial charge in [0, 0.05) is 19.2 Å². The van der Waals surface area contributed by atoms with Crippen LogP contribution in [0.25, 0.3) is 0 Å². The van der Waals surface area contributed by atoms with Gasteiger partial charge in [-0.05, 0) is 52.6 Å². The number of hydrogen-bond acceptors (Lipinski definition) is 2. The summed E-state index contributed by atoms with van der Waals surface area (Å²) < 4.78 is 0. The Bertz CT molecular complexity index is 249. The van der Waals surface area contributed by atoms with Crippen LogP contribution >= 0.6 is 0 Å². The molecule has 1 saturated heterocycles. The highest BCUT2D eigenvalue weighted by Gasteiger charge is 2.20. The number of rotatable bonds is 4. The zero-order chi connectivity index (χ0) is 12.0. The first-order valence-electron chi connectivity index (χ1n) is 6.22. The summed E-state index contributed by atoms with van der Waals surface area (Å²) in [5.41, 5.74) is 1.09. The third-order valence-corrected chi connectivity index (χ3v) is 3.14. The van der Waals surface area contributed by atoms with Gasteiger partial charge in [0.25, 0.3) is 0 Å². The topological polar surface area (TPSA) is 32.3 Å². The maximum atomic E-state index is 11.8. The van der Waals surface area contributed by atoms with E-state index in [0.717, 1.165) is 44.0 Å². The molecule has 1 heterocycles. The normalized spacial score (nSPS) is 17.3. The molecule has 0 bridgehead atoms. The van der Waals surface area contributed by atoms with Gasteiger partial charge in [0.15, 0.2) is 0 Å². The molecule has 0 saturated carbocycles. The standard InChI is InChI=1S/C13H24N2O/c1-11(2)10-13(16)15-8-5-12(6-9-15)4-7-14-3/h10,12,14H,4-9H2,1-3H3. The van der Waals surface area contributed by atoms with Crippen LogP contribution in [-0.2, 0) is 4.79 Å². The van der Waals surface area contributed by atoms with E-state index in [2.05, 4.69) is 5.32 Å². The molecule has 0 aromatic carbocycles. The van der Waals surface area contributed by atoms with Crippen molar-refractivity contribution < 1.29 is 4.79 Å². The van der Waals surface area contributed by atoms with Gasteiger partial charge in [-0.1, -0.05) is 5.57 Å². The van der Waals surface area contributed by atoms with Gasteiger partial charge in [0.2, 0.25) is 5.91 Å². The van der Waals surface area contributed by atoms with Crippen LogP contribution in [-0.4, -0.2) is 37.5 Å². The van der Waals surface area contributed by atoms with Gasteiger partial charge in [-0.15, -0.1) is 0 Å². The second kappa shape index (κ2) is 6.69. The molecule has 1 rings (SSSR count). The Morgan fingerprint density at radius 2 is 2.00 bits per heavy atom. The molecular formula is C13H24N2O.